The monoisotopic (exact) mass is 446 g/mol. The largest absolute Gasteiger partial charge is 0.474 e. The van der Waals surface area contributed by atoms with Gasteiger partial charge in [0.1, 0.15) is 6.10 Å². The van der Waals surface area contributed by atoms with Crippen molar-refractivity contribution in [2.75, 3.05) is 20.6 Å². The highest BCUT2D eigenvalue weighted by Gasteiger charge is 2.16. The van der Waals surface area contributed by atoms with Crippen molar-refractivity contribution in [3.8, 4) is 5.88 Å². The molecule has 0 unspecified atom stereocenters. The summed E-state index contributed by atoms with van der Waals surface area (Å²) in [5, 5.41) is 3.38. The maximum atomic E-state index is 5.90. The lowest BCUT2D eigenvalue weighted by molar-refractivity contribution is 0.201. The van der Waals surface area contributed by atoms with Crippen LogP contribution in [-0.2, 0) is 6.54 Å². The second-order valence-electron chi connectivity index (χ2n) is 6.20. The Morgan fingerprint density at radius 2 is 2.12 bits per heavy atom. The van der Waals surface area contributed by atoms with Crippen molar-refractivity contribution < 1.29 is 4.74 Å². The highest BCUT2D eigenvalue weighted by atomic mass is 127. The maximum Gasteiger partial charge on any atom is 0.213 e. The van der Waals surface area contributed by atoms with Crippen LogP contribution in [0.4, 0.5) is 0 Å². The van der Waals surface area contributed by atoms with E-state index >= 15 is 0 Å². The third kappa shape index (κ3) is 6.83. The van der Waals surface area contributed by atoms with Gasteiger partial charge in [0, 0.05) is 39.4 Å². The van der Waals surface area contributed by atoms with E-state index in [4.69, 9.17) is 4.74 Å². The molecule has 0 aliphatic heterocycles. The Morgan fingerprint density at radius 1 is 1.38 bits per heavy atom. The Hall–Kier alpha value is -1.05. The number of ether oxygens (including phenoxy) is 1. The molecule has 6 heteroatoms. The van der Waals surface area contributed by atoms with Crippen LogP contribution >= 0.6 is 24.0 Å². The van der Waals surface area contributed by atoms with Gasteiger partial charge in [-0.2, -0.15) is 0 Å². The van der Waals surface area contributed by atoms with Crippen LogP contribution in [0.2, 0.25) is 0 Å². The van der Waals surface area contributed by atoms with E-state index in [2.05, 4.69) is 40.2 Å². The van der Waals surface area contributed by atoms with Gasteiger partial charge in [-0.1, -0.05) is 19.4 Å². The third-order valence-corrected chi connectivity index (χ3v) is 4.26. The molecule has 1 aliphatic rings. The number of hydrogen-bond acceptors (Lipinski definition) is 3. The number of pyridine rings is 1. The number of halogens is 1. The molecular weight excluding hydrogens is 415 g/mol. The highest BCUT2D eigenvalue weighted by molar-refractivity contribution is 14.0. The van der Waals surface area contributed by atoms with Gasteiger partial charge in [-0.3, -0.25) is 4.99 Å². The Labute approximate surface area is 163 Å². The highest BCUT2D eigenvalue weighted by Crippen LogP contribution is 2.22. The third-order valence-electron chi connectivity index (χ3n) is 4.26. The summed E-state index contributed by atoms with van der Waals surface area (Å²) in [6.07, 6.45) is 9.47. The van der Waals surface area contributed by atoms with Crippen molar-refractivity contribution in [1.29, 1.82) is 0 Å². The van der Waals surface area contributed by atoms with Gasteiger partial charge in [0.25, 0.3) is 0 Å². The van der Waals surface area contributed by atoms with Gasteiger partial charge in [0.05, 0.1) is 0 Å². The molecule has 24 heavy (non-hydrogen) atoms. The number of rotatable bonds is 7. The standard InChI is InChI=1S/C18H30N4O.HI/c1-4-5-12-22(3)18(19-2)21-14-15-10-11-17(20-13-15)23-16-8-6-7-9-16;/h10-11,13,16H,4-9,12,14H2,1-3H3,(H,19,21);1H. The first kappa shape index (κ1) is 21.0. The van der Waals surface area contributed by atoms with E-state index < -0.39 is 0 Å². The van der Waals surface area contributed by atoms with Crippen molar-refractivity contribution in [3.05, 3.63) is 23.9 Å². The van der Waals surface area contributed by atoms with Crippen molar-refractivity contribution in [2.45, 2.75) is 58.1 Å². The van der Waals surface area contributed by atoms with Crippen LogP contribution in [0.1, 0.15) is 51.0 Å². The molecule has 0 bridgehead atoms. The zero-order valence-electron chi connectivity index (χ0n) is 15.1. The van der Waals surface area contributed by atoms with Crippen LogP contribution in [0.3, 0.4) is 0 Å². The summed E-state index contributed by atoms with van der Waals surface area (Å²) >= 11 is 0. The minimum Gasteiger partial charge on any atom is -0.474 e. The molecule has 1 aromatic rings. The van der Waals surface area contributed by atoms with Gasteiger partial charge < -0.3 is 15.0 Å². The van der Waals surface area contributed by atoms with Gasteiger partial charge in [-0.25, -0.2) is 4.98 Å². The molecular formula is C18H31IN4O. The summed E-state index contributed by atoms with van der Waals surface area (Å²) in [5.74, 6) is 1.66. The first-order valence-corrected chi connectivity index (χ1v) is 8.76. The van der Waals surface area contributed by atoms with Crippen molar-refractivity contribution >= 4 is 29.9 Å². The molecule has 0 radical (unpaired) electrons. The Morgan fingerprint density at radius 3 is 2.71 bits per heavy atom. The summed E-state index contributed by atoms with van der Waals surface area (Å²) in [5.41, 5.74) is 1.13. The van der Waals surface area contributed by atoms with Crippen LogP contribution in [0.5, 0.6) is 5.88 Å². The van der Waals surface area contributed by atoms with Gasteiger partial charge in [0.2, 0.25) is 5.88 Å². The van der Waals surface area contributed by atoms with Gasteiger partial charge in [0.15, 0.2) is 5.96 Å². The fourth-order valence-corrected chi connectivity index (χ4v) is 2.83. The zero-order valence-corrected chi connectivity index (χ0v) is 17.5. The van der Waals surface area contributed by atoms with Crippen LogP contribution < -0.4 is 10.1 Å². The number of nitrogens with one attached hydrogen (secondary N) is 1. The van der Waals surface area contributed by atoms with Gasteiger partial charge in [-0.05, 0) is 37.7 Å². The fraction of sp³-hybridized carbons (Fsp3) is 0.667. The number of hydrogen-bond donors (Lipinski definition) is 1. The molecule has 1 aliphatic carbocycles. The first-order valence-electron chi connectivity index (χ1n) is 8.76. The van der Waals surface area contributed by atoms with E-state index in [1.807, 2.05) is 19.3 Å². The number of nitrogens with zero attached hydrogens (tertiary/aromatic N) is 3. The van der Waals surface area contributed by atoms with Crippen LogP contribution in [-0.4, -0.2) is 42.6 Å². The number of aromatic nitrogens is 1. The maximum absolute atomic E-state index is 5.90. The molecule has 2 rings (SSSR count). The Balaban J connectivity index is 0.00000288. The summed E-state index contributed by atoms with van der Waals surface area (Å²) in [6.45, 7) is 3.94. The molecule has 136 valence electrons. The molecule has 0 saturated heterocycles. The SMILES string of the molecule is CCCCN(C)C(=NC)NCc1ccc(OC2CCCC2)nc1.I. The molecule has 0 atom stereocenters. The normalized spacial score (nSPS) is 15.0. The number of unbranched alkanes of at least 4 members (excludes halogenated alkanes) is 1. The Kier molecular flexibility index (Phi) is 10.1. The minimum atomic E-state index is 0. The first-order chi connectivity index (χ1) is 11.2. The van der Waals surface area contributed by atoms with E-state index in [-0.39, 0.29) is 24.0 Å². The molecule has 1 N–H and O–H groups in total. The fourth-order valence-electron chi connectivity index (χ4n) is 2.83. The summed E-state index contributed by atoms with van der Waals surface area (Å²) in [4.78, 5) is 10.9. The zero-order chi connectivity index (χ0) is 16.5. The predicted octanol–water partition coefficient (Wildman–Crippen LogP) is 3.83. The molecule has 1 heterocycles. The molecule has 5 nitrogen and oxygen atoms in total. The molecule has 1 aromatic heterocycles. The van der Waals surface area contributed by atoms with Gasteiger partial charge in [-0.15, -0.1) is 24.0 Å². The lowest BCUT2D eigenvalue weighted by Gasteiger charge is -2.21. The average Bonchev–Trinajstić information content (AvgIpc) is 3.08. The summed E-state index contributed by atoms with van der Waals surface area (Å²) in [6, 6.07) is 4.04. The lowest BCUT2D eigenvalue weighted by Crippen LogP contribution is -2.38. The van der Waals surface area contributed by atoms with Crippen LogP contribution in [0, 0.1) is 0 Å². The second kappa shape index (κ2) is 11.5. The van der Waals surface area contributed by atoms with Crippen LogP contribution in [0.25, 0.3) is 0 Å². The Bertz CT molecular complexity index is 486. The second-order valence-corrected chi connectivity index (χ2v) is 6.20. The van der Waals surface area contributed by atoms with Crippen molar-refractivity contribution in [3.63, 3.8) is 0 Å². The quantitative estimate of drug-likeness (QED) is 0.393. The molecule has 0 spiro atoms. The van der Waals surface area contributed by atoms with E-state index in [1.54, 1.807) is 0 Å². The van der Waals surface area contributed by atoms with E-state index in [0.29, 0.717) is 6.10 Å². The number of aliphatic imine (C=N–C) groups is 1. The van der Waals surface area contributed by atoms with Crippen LogP contribution in [0.15, 0.2) is 23.3 Å². The minimum absolute atomic E-state index is 0. The van der Waals surface area contributed by atoms with E-state index in [1.165, 1.54) is 25.7 Å². The lowest BCUT2D eigenvalue weighted by atomic mass is 10.3. The average molecular weight is 446 g/mol. The van der Waals surface area contributed by atoms with E-state index in [9.17, 15) is 0 Å². The van der Waals surface area contributed by atoms with E-state index in [0.717, 1.165) is 43.3 Å². The molecule has 1 fully saturated rings. The van der Waals surface area contributed by atoms with Crippen molar-refractivity contribution in [2.24, 2.45) is 4.99 Å². The number of guanidine groups is 1. The topological polar surface area (TPSA) is 49.8 Å². The van der Waals surface area contributed by atoms with Crippen molar-refractivity contribution in [1.82, 2.24) is 15.2 Å². The summed E-state index contributed by atoms with van der Waals surface area (Å²) < 4.78 is 5.90. The van der Waals surface area contributed by atoms with Gasteiger partial charge >= 0.3 is 0 Å². The predicted molar refractivity (Wildman–Crippen MR) is 110 cm³/mol. The smallest absolute Gasteiger partial charge is 0.213 e. The summed E-state index contributed by atoms with van der Waals surface area (Å²) in [7, 11) is 3.89. The molecule has 0 aromatic carbocycles. The molecule has 0 amide bonds. The molecule has 1 saturated carbocycles.